The molecule has 4 heteroatoms. The van der Waals surface area contributed by atoms with Crippen molar-refractivity contribution in [3.8, 4) is 0 Å². The summed E-state index contributed by atoms with van der Waals surface area (Å²) < 4.78 is 3.12. The number of aromatic nitrogens is 3. The summed E-state index contributed by atoms with van der Waals surface area (Å²) >= 11 is 5.33. The van der Waals surface area contributed by atoms with Crippen LogP contribution in [-0.4, -0.2) is 14.8 Å². The lowest BCUT2D eigenvalue weighted by Crippen LogP contribution is -2.15. The van der Waals surface area contributed by atoms with Crippen LogP contribution in [0.25, 0.3) is 0 Å². The smallest absolute Gasteiger partial charge is 0.195 e. The van der Waals surface area contributed by atoms with E-state index in [0.717, 1.165) is 10.7 Å². The van der Waals surface area contributed by atoms with Gasteiger partial charge >= 0.3 is 0 Å². The molecule has 1 aromatic heterocycles. The minimum atomic E-state index is 0.643. The maximum atomic E-state index is 5.33. The molecule has 2 aliphatic carbocycles. The Morgan fingerprint density at radius 1 is 1.19 bits per heavy atom. The summed E-state index contributed by atoms with van der Waals surface area (Å²) in [4.78, 5) is 0. The summed E-state index contributed by atoms with van der Waals surface area (Å²) in [6.45, 7) is 2.36. The Balaban J connectivity index is 1.86. The molecule has 0 saturated heterocycles. The standard InChI is InChI=1S/C12H19N3S/c1-8-2-4-9(5-3-8)11-13-14-12(16)15(11)10-6-7-10/h8-10H,2-7H2,1H3,(H,14,16). The fraction of sp³-hybridized carbons (Fsp3) is 0.833. The third kappa shape index (κ3) is 1.83. The van der Waals surface area contributed by atoms with Gasteiger partial charge in [0.05, 0.1) is 0 Å². The minimum absolute atomic E-state index is 0.643. The number of nitrogens with one attached hydrogen (secondary N) is 1. The molecule has 0 aliphatic heterocycles. The SMILES string of the molecule is CC1CCC(c2n[nH]c(=S)n2C2CC2)CC1. The summed E-state index contributed by atoms with van der Waals surface area (Å²) in [6.07, 6.45) is 7.82. The Kier molecular flexibility index (Phi) is 2.62. The number of hydrogen-bond acceptors (Lipinski definition) is 2. The topological polar surface area (TPSA) is 33.6 Å². The summed E-state index contributed by atoms with van der Waals surface area (Å²) in [5, 5.41) is 7.45. The molecular weight excluding hydrogens is 218 g/mol. The second-order valence-electron chi connectivity index (χ2n) is 5.44. The van der Waals surface area contributed by atoms with E-state index in [9.17, 15) is 0 Å². The van der Waals surface area contributed by atoms with E-state index in [1.807, 2.05) is 0 Å². The van der Waals surface area contributed by atoms with E-state index >= 15 is 0 Å². The van der Waals surface area contributed by atoms with Gasteiger partial charge < -0.3 is 4.57 Å². The van der Waals surface area contributed by atoms with Gasteiger partial charge in [0.15, 0.2) is 4.77 Å². The molecule has 88 valence electrons. The summed E-state index contributed by atoms with van der Waals surface area (Å²) in [6, 6.07) is 0.653. The van der Waals surface area contributed by atoms with Gasteiger partial charge in [-0.3, -0.25) is 5.10 Å². The highest BCUT2D eigenvalue weighted by Crippen LogP contribution is 2.40. The van der Waals surface area contributed by atoms with Crippen molar-refractivity contribution < 1.29 is 0 Å². The van der Waals surface area contributed by atoms with Gasteiger partial charge in [-0.1, -0.05) is 19.8 Å². The van der Waals surface area contributed by atoms with Gasteiger partial charge in [-0.05, 0) is 43.8 Å². The number of nitrogens with zero attached hydrogens (tertiary/aromatic N) is 2. The van der Waals surface area contributed by atoms with Crippen LogP contribution in [0.5, 0.6) is 0 Å². The molecule has 0 aromatic carbocycles. The van der Waals surface area contributed by atoms with Crippen LogP contribution in [0.2, 0.25) is 0 Å². The van der Waals surface area contributed by atoms with Crippen molar-refractivity contribution in [3.63, 3.8) is 0 Å². The van der Waals surface area contributed by atoms with Crippen molar-refractivity contribution >= 4 is 12.2 Å². The van der Waals surface area contributed by atoms with E-state index in [1.165, 1.54) is 44.3 Å². The Morgan fingerprint density at radius 2 is 1.88 bits per heavy atom. The molecule has 1 N–H and O–H groups in total. The first-order valence-electron chi connectivity index (χ1n) is 6.42. The lowest BCUT2D eigenvalue weighted by molar-refractivity contribution is 0.333. The van der Waals surface area contributed by atoms with Crippen LogP contribution >= 0.6 is 12.2 Å². The molecule has 1 aromatic rings. The van der Waals surface area contributed by atoms with Crippen molar-refractivity contribution in [1.82, 2.24) is 14.8 Å². The maximum absolute atomic E-state index is 5.33. The first-order chi connectivity index (χ1) is 7.75. The van der Waals surface area contributed by atoms with E-state index in [-0.39, 0.29) is 0 Å². The van der Waals surface area contributed by atoms with Gasteiger partial charge in [-0.25, -0.2) is 0 Å². The molecule has 0 radical (unpaired) electrons. The monoisotopic (exact) mass is 237 g/mol. The van der Waals surface area contributed by atoms with Crippen LogP contribution in [0.1, 0.15) is 63.2 Å². The van der Waals surface area contributed by atoms with Gasteiger partial charge in [-0.15, -0.1) is 0 Å². The lowest BCUT2D eigenvalue weighted by atomic mass is 9.82. The van der Waals surface area contributed by atoms with Gasteiger partial charge in [0.1, 0.15) is 5.82 Å². The first kappa shape index (κ1) is 10.5. The molecular formula is C12H19N3S. The zero-order valence-corrected chi connectivity index (χ0v) is 10.6. The highest BCUT2D eigenvalue weighted by Gasteiger charge is 2.31. The van der Waals surface area contributed by atoms with E-state index in [1.54, 1.807) is 0 Å². The van der Waals surface area contributed by atoms with Crippen LogP contribution in [0.15, 0.2) is 0 Å². The zero-order chi connectivity index (χ0) is 11.1. The highest BCUT2D eigenvalue weighted by atomic mass is 32.1. The molecule has 2 fully saturated rings. The molecule has 0 unspecified atom stereocenters. The minimum Gasteiger partial charge on any atom is -0.301 e. The van der Waals surface area contributed by atoms with E-state index in [2.05, 4.69) is 21.7 Å². The quantitative estimate of drug-likeness (QED) is 0.798. The van der Waals surface area contributed by atoms with Crippen molar-refractivity contribution in [1.29, 1.82) is 0 Å². The van der Waals surface area contributed by atoms with E-state index in [0.29, 0.717) is 12.0 Å². The summed E-state index contributed by atoms with van der Waals surface area (Å²) in [7, 11) is 0. The molecule has 16 heavy (non-hydrogen) atoms. The average molecular weight is 237 g/mol. The number of hydrogen-bond donors (Lipinski definition) is 1. The fourth-order valence-corrected chi connectivity index (χ4v) is 3.10. The molecule has 3 nitrogen and oxygen atoms in total. The highest BCUT2D eigenvalue weighted by molar-refractivity contribution is 7.71. The number of aromatic amines is 1. The molecule has 0 amide bonds. The molecule has 0 atom stereocenters. The first-order valence-corrected chi connectivity index (χ1v) is 6.83. The maximum Gasteiger partial charge on any atom is 0.195 e. The van der Waals surface area contributed by atoms with Crippen LogP contribution in [-0.2, 0) is 0 Å². The molecule has 2 aliphatic rings. The third-order valence-corrected chi connectivity index (χ3v) is 4.31. The third-order valence-electron chi connectivity index (χ3n) is 4.02. The Morgan fingerprint density at radius 3 is 2.50 bits per heavy atom. The summed E-state index contributed by atoms with van der Waals surface area (Å²) in [5.74, 6) is 2.77. The van der Waals surface area contributed by atoms with Crippen molar-refractivity contribution in [2.45, 2.75) is 57.4 Å². The summed E-state index contributed by atoms with van der Waals surface area (Å²) in [5.41, 5.74) is 0. The Bertz CT molecular complexity index is 422. The predicted octanol–water partition coefficient (Wildman–Crippen LogP) is 3.57. The van der Waals surface area contributed by atoms with Crippen molar-refractivity contribution in [3.05, 3.63) is 10.6 Å². The van der Waals surface area contributed by atoms with Crippen LogP contribution in [0.4, 0.5) is 0 Å². The number of rotatable bonds is 2. The van der Waals surface area contributed by atoms with E-state index in [4.69, 9.17) is 12.2 Å². The molecule has 0 bridgehead atoms. The Hall–Kier alpha value is -0.640. The molecule has 2 saturated carbocycles. The Labute approximate surface area is 101 Å². The van der Waals surface area contributed by atoms with Crippen molar-refractivity contribution in [2.24, 2.45) is 5.92 Å². The van der Waals surface area contributed by atoms with Gasteiger partial charge in [0.2, 0.25) is 0 Å². The normalized spacial score (nSPS) is 30.6. The molecule has 3 rings (SSSR count). The van der Waals surface area contributed by atoms with Gasteiger partial charge in [0.25, 0.3) is 0 Å². The second-order valence-corrected chi connectivity index (χ2v) is 5.83. The fourth-order valence-electron chi connectivity index (χ4n) is 2.81. The largest absolute Gasteiger partial charge is 0.301 e. The number of H-pyrrole nitrogens is 1. The van der Waals surface area contributed by atoms with Crippen LogP contribution in [0.3, 0.4) is 0 Å². The second kappa shape index (κ2) is 3.99. The van der Waals surface area contributed by atoms with E-state index < -0.39 is 0 Å². The zero-order valence-electron chi connectivity index (χ0n) is 9.78. The van der Waals surface area contributed by atoms with Crippen molar-refractivity contribution in [2.75, 3.05) is 0 Å². The van der Waals surface area contributed by atoms with Gasteiger partial charge in [-0.2, -0.15) is 5.10 Å². The van der Waals surface area contributed by atoms with Gasteiger partial charge in [0, 0.05) is 12.0 Å². The lowest BCUT2D eigenvalue weighted by Gasteiger charge is -2.25. The average Bonchev–Trinajstić information content (AvgIpc) is 3.04. The van der Waals surface area contributed by atoms with Crippen LogP contribution in [0, 0.1) is 10.7 Å². The predicted molar refractivity (Wildman–Crippen MR) is 66.1 cm³/mol. The van der Waals surface area contributed by atoms with Crippen LogP contribution < -0.4 is 0 Å². The molecule has 0 spiro atoms. The molecule has 1 heterocycles.